The van der Waals surface area contributed by atoms with Gasteiger partial charge in [0.15, 0.2) is 9.84 Å². The first kappa shape index (κ1) is 26.4. The van der Waals surface area contributed by atoms with Crippen molar-refractivity contribution in [3.05, 3.63) is 70.8 Å². The molecule has 0 aromatic heterocycles. The molecule has 3 rings (SSSR count). The molecule has 1 aliphatic rings. The van der Waals surface area contributed by atoms with Crippen LogP contribution < -0.4 is 16.5 Å². The number of hydroxylamine groups is 1. The highest BCUT2D eigenvalue weighted by atomic mass is 32.2. The third-order valence-electron chi connectivity index (χ3n) is 5.69. The van der Waals surface area contributed by atoms with Crippen molar-refractivity contribution >= 4 is 21.7 Å². The van der Waals surface area contributed by atoms with E-state index in [1.807, 2.05) is 24.3 Å². The van der Waals surface area contributed by atoms with E-state index < -0.39 is 33.2 Å². The van der Waals surface area contributed by atoms with Crippen LogP contribution in [0.5, 0.6) is 0 Å². The average molecular weight is 499 g/mol. The van der Waals surface area contributed by atoms with Gasteiger partial charge in [0.2, 0.25) is 0 Å². The largest absolute Gasteiger partial charge is 0.338 e. The number of amides is 2. The summed E-state index contributed by atoms with van der Waals surface area (Å²) in [6.45, 7) is 4.95. The normalized spacial score (nSPS) is 16.5. The molecule has 1 saturated heterocycles. The highest BCUT2D eigenvalue weighted by Gasteiger charge is 2.33. The van der Waals surface area contributed by atoms with Crippen LogP contribution in [0, 0.1) is 11.8 Å². The lowest BCUT2D eigenvalue weighted by Crippen LogP contribution is -2.61. The minimum absolute atomic E-state index is 0.209. The zero-order valence-electron chi connectivity index (χ0n) is 19.7. The molecule has 1 aliphatic heterocycles. The second-order valence-corrected chi connectivity index (χ2v) is 11.5. The Labute approximate surface area is 205 Å². The van der Waals surface area contributed by atoms with Gasteiger partial charge in [-0.1, -0.05) is 24.0 Å². The highest BCUT2D eigenvalue weighted by molar-refractivity contribution is 7.91. The number of carbonyl (C=O) groups excluding carboxylic acids is 2. The van der Waals surface area contributed by atoms with Crippen molar-refractivity contribution in [3.8, 4) is 11.8 Å². The van der Waals surface area contributed by atoms with Gasteiger partial charge in [-0.3, -0.25) is 19.7 Å². The first-order chi connectivity index (χ1) is 16.5. The molecular weight excluding hydrogens is 468 g/mol. The SMILES string of the molecule is CC(C)(N)[C@H](NC(=O)c1ccc(C#Cc2ccc(CN3CCS(=O)(=O)CC3)cc2)cc1)C(=O)NO. The minimum atomic E-state index is -2.88. The van der Waals surface area contributed by atoms with Gasteiger partial charge in [0.25, 0.3) is 11.8 Å². The van der Waals surface area contributed by atoms with Gasteiger partial charge in [-0.15, -0.1) is 0 Å². The van der Waals surface area contributed by atoms with Crippen LogP contribution in [-0.4, -0.2) is 66.5 Å². The third kappa shape index (κ3) is 7.63. The van der Waals surface area contributed by atoms with Crippen LogP contribution in [0.3, 0.4) is 0 Å². The van der Waals surface area contributed by atoms with Gasteiger partial charge < -0.3 is 11.1 Å². The maximum Gasteiger partial charge on any atom is 0.267 e. The number of rotatable bonds is 6. The fourth-order valence-corrected chi connectivity index (χ4v) is 4.85. The number of hydrogen-bond acceptors (Lipinski definition) is 7. The Morgan fingerprint density at radius 2 is 1.54 bits per heavy atom. The molecule has 0 spiro atoms. The number of nitrogens with one attached hydrogen (secondary N) is 2. The summed E-state index contributed by atoms with van der Waals surface area (Å²) in [5.74, 6) is 5.25. The average Bonchev–Trinajstić information content (AvgIpc) is 2.82. The van der Waals surface area contributed by atoms with Crippen LogP contribution >= 0.6 is 0 Å². The Bertz CT molecular complexity index is 1210. The number of nitrogens with two attached hydrogens (primary N) is 1. The maximum absolute atomic E-state index is 12.5. The predicted octanol–water partition coefficient (Wildman–Crippen LogP) is 0.658. The summed E-state index contributed by atoms with van der Waals surface area (Å²) in [4.78, 5) is 26.5. The molecule has 2 aromatic carbocycles. The van der Waals surface area contributed by atoms with Crippen molar-refractivity contribution in [1.29, 1.82) is 0 Å². The van der Waals surface area contributed by atoms with Crippen molar-refractivity contribution in [1.82, 2.24) is 15.7 Å². The molecule has 2 amide bonds. The number of nitrogens with zero attached hydrogens (tertiary/aromatic N) is 1. The lowest BCUT2D eigenvalue weighted by Gasteiger charge is -2.29. The van der Waals surface area contributed by atoms with Gasteiger partial charge in [-0.2, -0.15) is 0 Å². The monoisotopic (exact) mass is 498 g/mol. The molecule has 9 nitrogen and oxygen atoms in total. The van der Waals surface area contributed by atoms with E-state index in [1.165, 1.54) is 5.48 Å². The lowest BCUT2D eigenvalue weighted by molar-refractivity contribution is -0.132. The Kier molecular flexibility index (Phi) is 8.30. The molecule has 186 valence electrons. The molecule has 2 aromatic rings. The van der Waals surface area contributed by atoms with Crippen molar-refractivity contribution in [2.45, 2.75) is 32.0 Å². The molecule has 0 aliphatic carbocycles. The minimum Gasteiger partial charge on any atom is -0.338 e. The fraction of sp³-hybridized carbons (Fsp3) is 0.360. The molecule has 1 heterocycles. The number of hydrogen-bond donors (Lipinski definition) is 4. The topological polar surface area (TPSA) is 142 Å². The van der Waals surface area contributed by atoms with Crippen molar-refractivity contribution < 1.29 is 23.2 Å². The maximum atomic E-state index is 12.5. The molecule has 5 N–H and O–H groups in total. The first-order valence-corrected chi connectivity index (χ1v) is 13.0. The van der Waals surface area contributed by atoms with Gasteiger partial charge in [0.05, 0.1) is 11.5 Å². The summed E-state index contributed by atoms with van der Waals surface area (Å²) in [5.41, 5.74) is 9.34. The van der Waals surface area contributed by atoms with E-state index in [2.05, 4.69) is 22.1 Å². The molecule has 0 saturated carbocycles. The van der Waals surface area contributed by atoms with Crippen LogP contribution in [0.25, 0.3) is 0 Å². The Morgan fingerprint density at radius 1 is 1.03 bits per heavy atom. The van der Waals surface area contributed by atoms with E-state index in [9.17, 15) is 18.0 Å². The van der Waals surface area contributed by atoms with E-state index >= 15 is 0 Å². The van der Waals surface area contributed by atoms with E-state index in [1.54, 1.807) is 38.1 Å². The van der Waals surface area contributed by atoms with Crippen LogP contribution in [0.15, 0.2) is 48.5 Å². The molecule has 0 unspecified atom stereocenters. The molecule has 1 fully saturated rings. The summed E-state index contributed by atoms with van der Waals surface area (Å²) >= 11 is 0. The number of benzene rings is 2. The zero-order valence-corrected chi connectivity index (χ0v) is 20.6. The van der Waals surface area contributed by atoms with E-state index in [4.69, 9.17) is 10.9 Å². The van der Waals surface area contributed by atoms with Crippen molar-refractivity contribution in [2.24, 2.45) is 5.73 Å². The van der Waals surface area contributed by atoms with Crippen LogP contribution in [0.1, 0.15) is 40.9 Å². The standard InChI is InChI=1S/C25H30N4O5S/c1-25(2,26)22(24(31)28-32)27-23(30)21-11-9-19(10-12-21)4-3-18-5-7-20(8-6-18)17-29-13-15-35(33,34)16-14-29/h5-12,22,32H,13-17,26H2,1-2H3,(H,27,30)(H,28,31)/t22-/m1/s1. The molecule has 1 atom stereocenters. The lowest BCUT2D eigenvalue weighted by atomic mass is 9.95. The Morgan fingerprint density at radius 3 is 2.03 bits per heavy atom. The van der Waals surface area contributed by atoms with Crippen LogP contribution in [-0.2, 0) is 21.2 Å². The van der Waals surface area contributed by atoms with E-state index in [0.717, 1.165) is 11.1 Å². The van der Waals surface area contributed by atoms with Gasteiger partial charge in [0, 0.05) is 41.9 Å². The first-order valence-electron chi connectivity index (χ1n) is 11.1. The summed E-state index contributed by atoms with van der Waals surface area (Å²) < 4.78 is 23.1. The quantitative estimate of drug-likeness (QED) is 0.260. The Hall–Kier alpha value is -3.23. The van der Waals surface area contributed by atoms with E-state index in [-0.39, 0.29) is 11.5 Å². The predicted molar refractivity (Wildman–Crippen MR) is 132 cm³/mol. The second kappa shape index (κ2) is 11.0. The highest BCUT2D eigenvalue weighted by Crippen LogP contribution is 2.12. The van der Waals surface area contributed by atoms with Crippen LogP contribution in [0.2, 0.25) is 0 Å². The second-order valence-electron chi connectivity index (χ2n) is 9.16. The molecule has 10 heteroatoms. The molecule has 0 radical (unpaired) electrons. The molecule has 0 bridgehead atoms. The molecule has 35 heavy (non-hydrogen) atoms. The number of sulfone groups is 1. The smallest absolute Gasteiger partial charge is 0.267 e. The van der Waals surface area contributed by atoms with Crippen molar-refractivity contribution in [2.75, 3.05) is 24.6 Å². The summed E-state index contributed by atoms with van der Waals surface area (Å²) in [6.07, 6.45) is 0. The summed E-state index contributed by atoms with van der Waals surface area (Å²) in [6, 6.07) is 13.3. The third-order valence-corrected chi connectivity index (χ3v) is 7.30. The zero-order chi connectivity index (χ0) is 25.6. The van der Waals surface area contributed by atoms with E-state index in [0.29, 0.717) is 30.8 Å². The van der Waals surface area contributed by atoms with Crippen LogP contribution in [0.4, 0.5) is 0 Å². The summed E-state index contributed by atoms with van der Waals surface area (Å²) in [5, 5.41) is 11.4. The van der Waals surface area contributed by atoms with Gasteiger partial charge in [-0.05, 0) is 55.8 Å². The van der Waals surface area contributed by atoms with Gasteiger partial charge >= 0.3 is 0 Å². The van der Waals surface area contributed by atoms with Crippen molar-refractivity contribution in [3.63, 3.8) is 0 Å². The summed E-state index contributed by atoms with van der Waals surface area (Å²) in [7, 11) is -2.88. The fourth-order valence-electron chi connectivity index (χ4n) is 3.58. The van der Waals surface area contributed by atoms with Gasteiger partial charge in [0.1, 0.15) is 6.04 Å². The molecular formula is C25H30N4O5S. The Balaban J connectivity index is 1.59. The van der Waals surface area contributed by atoms with Gasteiger partial charge in [-0.25, -0.2) is 13.9 Å². The number of carbonyl (C=O) groups is 2.